The average Bonchev–Trinajstić information content (AvgIpc) is 3.07. The van der Waals surface area contributed by atoms with Crippen molar-refractivity contribution in [2.24, 2.45) is 0 Å². The Labute approximate surface area is 145 Å². The van der Waals surface area contributed by atoms with E-state index in [9.17, 15) is 0 Å². The van der Waals surface area contributed by atoms with Crippen LogP contribution in [0.25, 0.3) is 44.2 Å². The molecule has 2 heterocycles. The number of aromatic amines is 1. The number of hydrogen-bond donors (Lipinski definition) is 1. The van der Waals surface area contributed by atoms with Crippen LogP contribution in [0.4, 0.5) is 0 Å². The second kappa shape index (κ2) is 5.60. The minimum atomic E-state index is 1.02. The lowest BCUT2D eigenvalue weighted by Gasteiger charge is -2.11. The highest BCUT2D eigenvalue weighted by atomic mass is 14.8. The normalized spacial score (nSPS) is 11.2. The highest BCUT2D eigenvalue weighted by Gasteiger charge is 2.16. The van der Waals surface area contributed by atoms with Gasteiger partial charge in [-0.15, -0.1) is 0 Å². The number of nitrogens with zero attached hydrogens (tertiary/aromatic N) is 1. The number of aromatic nitrogens is 2. The van der Waals surface area contributed by atoms with E-state index in [2.05, 4.69) is 83.8 Å². The first kappa shape index (κ1) is 14.0. The number of rotatable bonds is 2. The average molecular weight is 320 g/mol. The Hall–Kier alpha value is -3.39. The lowest BCUT2D eigenvalue weighted by Crippen LogP contribution is -1.89. The summed E-state index contributed by atoms with van der Waals surface area (Å²) in [6.07, 6.45) is 2.00. The van der Waals surface area contributed by atoms with Crippen LogP contribution in [0.15, 0.2) is 91.1 Å². The first-order valence-electron chi connectivity index (χ1n) is 8.42. The zero-order valence-corrected chi connectivity index (χ0v) is 13.6. The molecule has 2 aromatic heterocycles. The standard InChI is InChI=1S/C23H16N2/c1-3-9-16(10-4-1)19-15-24-22-18-13-7-8-14-20(18)25-23(22)21(19)17-11-5-2-6-12-17/h1-15,25H. The maximum absolute atomic E-state index is 4.80. The Balaban J connectivity index is 1.93. The molecule has 0 spiro atoms. The lowest BCUT2D eigenvalue weighted by molar-refractivity contribution is 1.41. The van der Waals surface area contributed by atoms with Gasteiger partial charge in [0.15, 0.2) is 0 Å². The largest absolute Gasteiger partial charge is 0.353 e. The highest BCUT2D eigenvalue weighted by Crippen LogP contribution is 2.38. The minimum absolute atomic E-state index is 1.02. The van der Waals surface area contributed by atoms with E-state index in [1.165, 1.54) is 16.7 Å². The summed E-state index contributed by atoms with van der Waals surface area (Å²) in [7, 11) is 0. The zero-order valence-electron chi connectivity index (χ0n) is 13.6. The molecule has 0 amide bonds. The third-order valence-corrected chi connectivity index (χ3v) is 4.67. The Morgan fingerprint density at radius 1 is 0.640 bits per heavy atom. The molecular formula is C23H16N2. The van der Waals surface area contributed by atoms with Crippen molar-refractivity contribution in [3.63, 3.8) is 0 Å². The van der Waals surface area contributed by atoms with E-state index in [0.717, 1.165) is 27.5 Å². The molecule has 0 bridgehead atoms. The fraction of sp³-hybridized carbons (Fsp3) is 0. The van der Waals surface area contributed by atoms with Gasteiger partial charge in [0.05, 0.1) is 11.0 Å². The van der Waals surface area contributed by atoms with Crippen LogP contribution in [0, 0.1) is 0 Å². The summed E-state index contributed by atoms with van der Waals surface area (Å²) < 4.78 is 0. The monoisotopic (exact) mass is 320 g/mol. The van der Waals surface area contributed by atoms with E-state index in [0.29, 0.717) is 0 Å². The van der Waals surface area contributed by atoms with Gasteiger partial charge >= 0.3 is 0 Å². The number of H-pyrrole nitrogens is 1. The van der Waals surface area contributed by atoms with Crippen LogP contribution in [-0.4, -0.2) is 9.97 Å². The molecule has 5 aromatic rings. The quantitative estimate of drug-likeness (QED) is 0.421. The Kier molecular flexibility index (Phi) is 3.14. The van der Waals surface area contributed by atoms with Crippen LogP contribution < -0.4 is 0 Å². The molecule has 0 fully saturated rings. The van der Waals surface area contributed by atoms with Gasteiger partial charge in [0.1, 0.15) is 0 Å². The molecule has 0 saturated carbocycles. The van der Waals surface area contributed by atoms with Crippen molar-refractivity contribution in [3.8, 4) is 22.3 Å². The molecule has 0 atom stereocenters. The van der Waals surface area contributed by atoms with Crippen LogP contribution in [0.1, 0.15) is 0 Å². The number of pyridine rings is 1. The fourth-order valence-electron chi connectivity index (χ4n) is 3.51. The Morgan fingerprint density at radius 3 is 2.04 bits per heavy atom. The van der Waals surface area contributed by atoms with Crippen molar-refractivity contribution in [3.05, 3.63) is 91.1 Å². The van der Waals surface area contributed by atoms with Gasteiger partial charge in [0.25, 0.3) is 0 Å². The molecule has 118 valence electrons. The van der Waals surface area contributed by atoms with Gasteiger partial charge in [-0.1, -0.05) is 78.9 Å². The van der Waals surface area contributed by atoms with Crippen molar-refractivity contribution < 1.29 is 0 Å². The molecular weight excluding hydrogens is 304 g/mol. The van der Waals surface area contributed by atoms with E-state index in [4.69, 9.17) is 4.98 Å². The number of para-hydroxylation sites is 1. The van der Waals surface area contributed by atoms with Crippen molar-refractivity contribution in [2.75, 3.05) is 0 Å². The predicted molar refractivity (Wildman–Crippen MR) is 104 cm³/mol. The van der Waals surface area contributed by atoms with Gasteiger partial charge in [0, 0.05) is 28.2 Å². The van der Waals surface area contributed by atoms with Crippen molar-refractivity contribution in [1.82, 2.24) is 9.97 Å². The molecule has 3 aromatic carbocycles. The van der Waals surface area contributed by atoms with Gasteiger partial charge in [-0.05, 0) is 17.2 Å². The minimum Gasteiger partial charge on any atom is -0.353 e. The van der Waals surface area contributed by atoms with Crippen LogP contribution in [0.2, 0.25) is 0 Å². The number of nitrogens with one attached hydrogen (secondary N) is 1. The number of fused-ring (bicyclic) bond motifs is 3. The van der Waals surface area contributed by atoms with Gasteiger partial charge in [-0.3, -0.25) is 4.98 Å². The van der Waals surface area contributed by atoms with Gasteiger partial charge in [-0.2, -0.15) is 0 Å². The summed E-state index contributed by atoms with van der Waals surface area (Å²) >= 11 is 0. The summed E-state index contributed by atoms with van der Waals surface area (Å²) in [6.45, 7) is 0. The summed E-state index contributed by atoms with van der Waals surface area (Å²) in [5, 5.41) is 1.16. The third kappa shape index (κ3) is 2.23. The molecule has 0 saturated heterocycles. The van der Waals surface area contributed by atoms with Gasteiger partial charge < -0.3 is 4.98 Å². The molecule has 5 rings (SSSR count). The van der Waals surface area contributed by atoms with E-state index in [-0.39, 0.29) is 0 Å². The number of hydrogen-bond acceptors (Lipinski definition) is 1. The molecule has 1 N–H and O–H groups in total. The van der Waals surface area contributed by atoms with Crippen molar-refractivity contribution in [2.45, 2.75) is 0 Å². The molecule has 25 heavy (non-hydrogen) atoms. The Morgan fingerprint density at radius 2 is 1.28 bits per heavy atom. The van der Waals surface area contributed by atoms with E-state index in [1.54, 1.807) is 0 Å². The van der Waals surface area contributed by atoms with E-state index in [1.807, 2.05) is 12.3 Å². The SMILES string of the molecule is c1ccc(-c2cnc3c([nH]c4ccccc43)c2-c2ccccc2)cc1. The molecule has 2 heteroatoms. The summed E-state index contributed by atoms with van der Waals surface area (Å²) in [6, 6.07) is 29.3. The first-order valence-corrected chi connectivity index (χ1v) is 8.42. The molecule has 0 aliphatic rings. The van der Waals surface area contributed by atoms with Gasteiger partial charge in [0.2, 0.25) is 0 Å². The second-order valence-corrected chi connectivity index (χ2v) is 6.17. The fourth-order valence-corrected chi connectivity index (χ4v) is 3.51. The number of benzene rings is 3. The van der Waals surface area contributed by atoms with Crippen molar-refractivity contribution >= 4 is 21.9 Å². The second-order valence-electron chi connectivity index (χ2n) is 6.17. The maximum atomic E-state index is 4.80. The Bertz CT molecular complexity index is 1170. The molecule has 0 aliphatic heterocycles. The zero-order chi connectivity index (χ0) is 16.6. The molecule has 0 radical (unpaired) electrons. The third-order valence-electron chi connectivity index (χ3n) is 4.67. The van der Waals surface area contributed by atoms with E-state index >= 15 is 0 Å². The smallest absolute Gasteiger partial charge is 0.0964 e. The molecule has 0 unspecified atom stereocenters. The predicted octanol–water partition coefficient (Wildman–Crippen LogP) is 6.05. The van der Waals surface area contributed by atoms with E-state index < -0.39 is 0 Å². The van der Waals surface area contributed by atoms with Crippen LogP contribution >= 0.6 is 0 Å². The lowest BCUT2D eigenvalue weighted by atomic mass is 9.95. The summed E-state index contributed by atoms with van der Waals surface area (Å²) in [4.78, 5) is 8.39. The van der Waals surface area contributed by atoms with Crippen LogP contribution in [-0.2, 0) is 0 Å². The van der Waals surface area contributed by atoms with Crippen LogP contribution in [0.3, 0.4) is 0 Å². The van der Waals surface area contributed by atoms with Crippen molar-refractivity contribution in [1.29, 1.82) is 0 Å². The highest BCUT2D eigenvalue weighted by molar-refractivity contribution is 6.12. The van der Waals surface area contributed by atoms with Crippen LogP contribution in [0.5, 0.6) is 0 Å². The summed E-state index contributed by atoms with van der Waals surface area (Å²) in [5.41, 5.74) is 7.95. The first-order chi connectivity index (χ1) is 12.4. The molecule has 0 aliphatic carbocycles. The van der Waals surface area contributed by atoms with Gasteiger partial charge in [-0.25, -0.2) is 0 Å². The topological polar surface area (TPSA) is 28.7 Å². The summed E-state index contributed by atoms with van der Waals surface area (Å²) in [5.74, 6) is 0. The molecule has 2 nitrogen and oxygen atoms in total. The maximum Gasteiger partial charge on any atom is 0.0964 e.